The van der Waals surface area contributed by atoms with Crippen molar-refractivity contribution in [3.63, 3.8) is 0 Å². The summed E-state index contributed by atoms with van der Waals surface area (Å²) in [6.45, 7) is 4.33. The summed E-state index contributed by atoms with van der Waals surface area (Å²) in [7, 11) is 0. The van der Waals surface area contributed by atoms with Crippen LogP contribution in [0.2, 0.25) is 0 Å². The molecule has 138 valence electrons. The quantitative estimate of drug-likeness (QED) is 0.717. The Morgan fingerprint density at radius 3 is 2.65 bits per heavy atom. The lowest BCUT2D eigenvalue weighted by atomic mass is 9.86. The van der Waals surface area contributed by atoms with E-state index in [1.54, 1.807) is 12.1 Å². The summed E-state index contributed by atoms with van der Waals surface area (Å²) in [4.78, 5) is 16.4. The number of benzene rings is 1. The fourth-order valence-corrected chi connectivity index (χ4v) is 5.29. The van der Waals surface area contributed by atoms with Crippen molar-refractivity contribution in [3.8, 4) is 0 Å². The molecule has 2 aromatic rings. The first-order valence-corrected chi connectivity index (χ1v) is 9.77. The summed E-state index contributed by atoms with van der Waals surface area (Å²) in [5.74, 6) is 1.98. The minimum atomic E-state index is -0.201. The van der Waals surface area contributed by atoms with Gasteiger partial charge >= 0.3 is 5.97 Å². The highest BCUT2D eigenvalue weighted by atomic mass is 19.1. The van der Waals surface area contributed by atoms with E-state index >= 15 is 0 Å². The molecule has 0 spiro atoms. The number of nitrogens with zero attached hydrogens (tertiary/aromatic N) is 1. The molecule has 0 N–H and O–H groups in total. The van der Waals surface area contributed by atoms with Crippen LogP contribution in [0.25, 0.3) is 10.9 Å². The number of carbonyl (C=O) groups excluding carboxylic acids is 1. The molecule has 2 unspecified atom stereocenters. The van der Waals surface area contributed by atoms with Crippen LogP contribution in [0.4, 0.5) is 4.39 Å². The minimum Gasteiger partial charge on any atom is -0.466 e. The van der Waals surface area contributed by atoms with Crippen molar-refractivity contribution >= 4 is 16.9 Å². The zero-order valence-electron chi connectivity index (χ0n) is 15.5. The Hall–Kier alpha value is -1.97. The standard InChI is InChI=1S/C22H26FNO2/c1-3-26-22(25)13(2)14-8-15-10-17(11-16(15)9-14)19-6-7-24-21-5-4-18(23)12-20(19)21/h4-7,12-17H,3,8-11H2,1-2H3/t13?,14?,15-,16+,17+. The second kappa shape index (κ2) is 6.98. The van der Waals surface area contributed by atoms with Gasteiger partial charge in [0, 0.05) is 11.6 Å². The van der Waals surface area contributed by atoms with E-state index in [1.165, 1.54) is 11.6 Å². The highest BCUT2D eigenvalue weighted by molar-refractivity contribution is 5.82. The van der Waals surface area contributed by atoms with E-state index in [4.69, 9.17) is 4.74 Å². The van der Waals surface area contributed by atoms with Crippen molar-refractivity contribution in [2.24, 2.45) is 23.7 Å². The Kier molecular flexibility index (Phi) is 4.68. The normalized spacial score (nSPS) is 28.9. The van der Waals surface area contributed by atoms with Crippen LogP contribution in [0, 0.1) is 29.5 Å². The predicted octanol–water partition coefficient (Wildman–Crippen LogP) is 5.09. The number of carbonyl (C=O) groups is 1. The first kappa shape index (κ1) is 17.4. The second-order valence-corrected chi connectivity index (χ2v) is 8.02. The van der Waals surface area contributed by atoms with E-state index in [9.17, 15) is 9.18 Å². The molecule has 0 amide bonds. The molecule has 1 aromatic carbocycles. The summed E-state index contributed by atoms with van der Waals surface area (Å²) >= 11 is 0. The van der Waals surface area contributed by atoms with Crippen LogP contribution in [-0.2, 0) is 9.53 Å². The van der Waals surface area contributed by atoms with E-state index in [-0.39, 0.29) is 17.7 Å². The second-order valence-electron chi connectivity index (χ2n) is 8.02. The first-order valence-electron chi connectivity index (χ1n) is 9.77. The zero-order valence-corrected chi connectivity index (χ0v) is 15.5. The lowest BCUT2D eigenvalue weighted by Gasteiger charge is -2.20. The molecule has 2 saturated carbocycles. The lowest BCUT2D eigenvalue weighted by Crippen LogP contribution is -2.22. The third kappa shape index (κ3) is 3.10. The molecule has 1 aromatic heterocycles. The summed E-state index contributed by atoms with van der Waals surface area (Å²) in [5, 5.41) is 0.953. The van der Waals surface area contributed by atoms with Gasteiger partial charge in [0.2, 0.25) is 0 Å². The Labute approximate surface area is 154 Å². The Morgan fingerprint density at radius 1 is 1.23 bits per heavy atom. The number of aromatic nitrogens is 1. The van der Waals surface area contributed by atoms with E-state index < -0.39 is 0 Å². The van der Waals surface area contributed by atoms with Gasteiger partial charge in [-0.1, -0.05) is 6.92 Å². The van der Waals surface area contributed by atoms with E-state index in [0.717, 1.165) is 36.6 Å². The van der Waals surface area contributed by atoms with E-state index in [1.807, 2.05) is 20.0 Å². The van der Waals surface area contributed by atoms with Crippen molar-refractivity contribution in [1.29, 1.82) is 0 Å². The molecule has 1 heterocycles. The molecule has 2 aliphatic carbocycles. The lowest BCUT2D eigenvalue weighted by molar-refractivity contribution is -0.149. The molecule has 0 saturated heterocycles. The maximum atomic E-state index is 13.7. The summed E-state index contributed by atoms with van der Waals surface area (Å²) in [6.07, 6.45) is 6.32. The maximum Gasteiger partial charge on any atom is 0.308 e. The number of esters is 1. The zero-order chi connectivity index (χ0) is 18.3. The molecule has 3 nitrogen and oxygen atoms in total. The van der Waals surface area contributed by atoms with E-state index in [0.29, 0.717) is 30.3 Å². The van der Waals surface area contributed by atoms with Crippen LogP contribution in [0.1, 0.15) is 51.0 Å². The van der Waals surface area contributed by atoms with Gasteiger partial charge < -0.3 is 4.74 Å². The van der Waals surface area contributed by atoms with Crippen LogP contribution in [0.15, 0.2) is 30.5 Å². The number of hydrogen-bond acceptors (Lipinski definition) is 3. The van der Waals surface area contributed by atoms with Gasteiger partial charge in [-0.2, -0.15) is 0 Å². The molecule has 4 heteroatoms. The van der Waals surface area contributed by atoms with Gasteiger partial charge in [0.1, 0.15) is 5.82 Å². The summed E-state index contributed by atoms with van der Waals surface area (Å²) in [5.41, 5.74) is 2.11. The van der Waals surface area contributed by atoms with Crippen LogP contribution in [0.5, 0.6) is 0 Å². The van der Waals surface area contributed by atoms with Gasteiger partial charge in [0.05, 0.1) is 18.0 Å². The van der Waals surface area contributed by atoms with Gasteiger partial charge in [-0.05, 0) is 86.1 Å². The van der Waals surface area contributed by atoms with Crippen LogP contribution in [-0.4, -0.2) is 17.6 Å². The summed E-state index contributed by atoms with van der Waals surface area (Å²) < 4.78 is 18.9. The summed E-state index contributed by atoms with van der Waals surface area (Å²) in [6, 6.07) is 6.93. The number of halogens is 1. The third-order valence-corrected chi connectivity index (χ3v) is 6.59. The molecule has 2 fully saturated rings. The molecule has 5 atom stereocenters. The number of pyridine rings is 1. The fourth-order valence-electron chi connectivity index (χ4n) is 5.29. The van der Waals surface area contributed by atoms with Gasteiger partial charge in [0.15, 0.2) is 0 Å². The molecule has 2 aliphatic rings. The third-order valence-electron chi connectivity index (χ3n) is 6.59. The number of ether oxygens (including phenoxy) is 1. The monoisotopic (exact) mass is 355 g/mol. The number of fused-ring (bicyclic) bond motifs is 2. The van der Waals surface area contributed by atoms with Crippen molar-refractivity contribution in [2.45, 2.75) is 45.4 Å². The first-order chi connectivity index (χ1) is 12.6. The Balaban J connectivity index is 1.49. The Morgan fingerprint density at radius 2 is 1.96 bits per heavy atom. The average Bonchev–Trinajstić information content (AvgIpc) is 3.19. The average molecular weight is 355 g/mol. The molecule has 0 bridgehead atoms. The fraction of sp³-hybridized carbons (Fsp3) is 0.545. The smallest absolute Gasteiger partial charge is 0.308 e. The van der Waals surface area contributed by atoms with Crippen LogP contribution in [0.3, 0.4) is 0 Å². The molecule has 26 heavy (non-hydrogen) atoms. The highest BCUT2D eigenvalue weighted by Crippen LogP contribution is 2.54. The number of hydrogen-bond donors (Lipinski definition) is 0. The topological polar surface area (TPSA) is 39.2 Å². The van der Waals surface area contributed by atoms with Crippen LogP contribution >= 0.6 is 0 Å². The van der Waals surface area contributed by atoms with Crippen LogP contribution < -0.4 is 0 Å². The highest BCUT2D eigenvalue weighted by Gasteiger charge is 2.45. The minimum absolute atomic E-state index is 0.00477. The van der Waals surface area contributed by atoms with Gasteiger partial charge in [0.25, 0.3) is 0 Å². The largest absolute Gasteiger partial charge is 0.466 e. The van der Waals surface area contributed by atoms with Gasteiger partial charge in [-0.3, -0.25) is 9.78 Å². The van der Waals surface area contributed by atoms with Crippen molar-refractivity contribution < 1.29 is 13.9 Å². The van der Waals surface area contributed by atoms with Gasteiger partial charge in [-0.15, -0.1) is 0 Å². The predicted molar refractivity (Wildman–Crippen MR) is 99.2 cm³/mol. The SMILES string of the molecule is CCOC(=O)C(C)C1C[C@@H]2C[C@H](c3ccnc4ccc(F)cc34)C[C@@H]2C1. The Bertz CT molecular complexity index is 807. The van der Waals surface area contributed by atoms with Crippen molar-refractivity contribution in [2.75, 3.05) is 6.61 Å². The number of rotatable bonds is 4. The van der Waals surface area contributed by atoms with Gasteiger partial charge in [-0.25, -0.2) is 4.39 Å². The van der Waals surface area contributed by atoms with E-state index in [2.05, 4.69) is 11.1 Å². The molecule has 0 aliphatic heterocycles. The maximum absolute atomic E-state index is 13.7. The molecular weight excluding hydrogens is 329 g/mol. The molecule has 4 rings (SSSR count). The van der Waals surface area contributed by atoms with Crippen molar-refractivity contribution in [1.82, 2.24) is 4.98 Å². The van der Waals surface area contributed by atoms with Crippen molar-refractivity contribution in [3.05, 3.63) is 41.8 Å². The molecule has 0 radical (unpaired) electrons. The molecular formula is C22H26FNO2.